The van der Waals surface area contributed by atoms with Crippen LogP contribution in [0.4, 0.5) is 4.79 Å². The van der Waals surface area contributed by atoms with Crippen LogP contribution in [-0.4, -0.2) is 41.5 Å². The van der Waals surface area contributed by atoms with Gasteiger partial charge < -0.3 is 9.64 Å². The highest BCUT2D eigenvalue weighted by molar-refractivity contribution is 6.05. The van der Waals surface area contributed by atoms with Gasteiger partial charge in [-0.05, 0) is 26.3 Å². The average Bonchev–Trinajstić information content (AvgIpc) is 2.74. The highest BCUT2D eigenvalue weighted by atomic mass is 16.6. The van der Waals surface area contributed by atoms with Gasteiger partial charge in [-0.25, -0.2) is 9.69 Å². The van der Waals surface area contributed by atoms with Crippen LogP contribution in [0, 0.1) is 0 Å². The molecule has 0 N–H and O–H groups in total. The van der Waals surface area contributed by atoms with E-state index in [0.29, 0.717) is 12.0 Å². The number of nitrogens with zero attached hydrogens (tertiary/aromatic N) is 2. The molecule has 1 atom stereocenters. The summed E-state index contributed by atoms with van der Waals surface area (Å²) in [4.78, 5) is 28.3. The van der Waals surface area contributed by atoms with Crippen LogP contribution in [0.2, 0.25) is 0 Å². The lowest BCUT2D eigenvalue weighted by atomic mass is 10.0. The van der Waals surface area contributed by atoms with Crippen molar-refractivity contribution in [1.29, 1.82) is 0 Å². The van der Waals surface area contributed by atoms with E-state index in [0.717, 1.165) is 5.56 Å². The zero-order chi connectivity index (χ0) is 17.2. The van der Waals surface area contributed by atoms with Crippen LogP contribution in [0.15, 0.2) is 42.1 Å². The second-order valence-corrected chi connectivity index (χ2v) is 6.90. The summed E-state index contributed by atoms with van der Waals surface area (Å²) in [6, 6.07) is 9.24. The van der Waals surface area contributed by atoms with Gasteiger partial charge in [-0.15, -0.1) is 0 Å². The highest BCUT2D eigenvalue weighted by Crippen LogP contribution is 2.37. The number of likely N-dealkylation sites (tertiary alicyclic amines) is 1. The van der Waals surface area contributed by atoms with Crippen LogP contribution in [0.25, 0.3) is 0 Å². The Bertz CT molecular complexity index is 615. The predicted molar refractivity (Wildman–Crippen MR) is 88.7 cm³/mol. The second-order valence-electron chi connectivity index (χ2n) is 6.90. The number of hydrogen-bond donors (Lipinski definition) is 0. The van der Waals surface area contributed by atoms with E-state index in [1.54, 1.807) is 27.0 Å². The van der Waals surface area contributed by atoms with Crippen molar-refractivity contribution in [3.63, 3.8) is 0 Å². The molecule has 1 saturated heterocycles. The van der Waals surface area contributed by atoms with E-state index in [2.05, 4.69) is 0 Å². The van der Waals surface area contributed by atoms with E-state index < -0.39 is 11.7 Å². The minimum Gasteiger partial charge on any atom is -0.443 e. The maximum absolute atomic E-state index is 12.7. The summed E-state index contributed by atoms with van der Waals surface area (Å²) in [7, 11) is 3.71. The molecule has 23 heavy (non-hydrogen) atoms. The number of carbonyl (C=O) groups is 2. The Balaban J connectivity index is 2.37. The number of carbonyl (C=O) groups excluding carboxylic acids is 2. The Morgan fingerprint density at radius 1 is 1.26 bits per heavy atom. The Kier molecular flexibility index (Phi) is 4.78. The average molecular weight is 316 g/mol. The van der Waals surface area contributed by atoms with Gasteiger partial charge in [0, 0.05) is 32.3 Å². The third-order valence-corrected chi connectivity index (χ3v) is 3.41. The normalized spacial score (nSPS) is 20.0. The Hall–Kier alpha value is -2.30. The van der Waals surface area contributed by atoms with Crippen molar-refractivity contribution in [3.8, 4) is 0 Å². The van der Waals surface area contributed by atoms with Gasteiger partial charge in [0.15, 0.2) is 0 Å². The van der Waals surface area contributed by atoms with Crippen molar-refractivity contribution in [3.05, 3.63) is 47.7 Å². The fraction of sp³-hybridized carbons (Fsp3) is 0.444. The number of imide groups is 1. The molecule has 5 nitrogen and oxygen atoms in total. The number of hydrogen-bond acceptors (Lipinski definition) is 4. The quantitative estimate of drug-likeness (QED) is 0.785. The van der Waals surface area contributed by atoms with Gasteiger partial charge >= 0.3 is 6.09 Å². The molecule has 0 aliphatic carbocycles. The smallest absolute Gasteiger partial charge is 0.417 e. The topological polar surface area (TPSA) is 49.9 Å². The molecule has 124 valence electrons. The number of ether oxygens (including phenoxy) is 1. The van der Waals surface area contributed by atoms with Crippen molar-refractivity contribution in [1.82, 2.24) is 9.80 Å². The standard InChI is InChI=1S/C18H24N2O3/c1-18(2,3)23-17(22)20-15(13-9-7-6-8-10-13)11-14(16(20)21)12-19(4)5/h6-10,12,15H,11H2,1-5H3/b14-12+. The monoisotopic (exact) mass is 316 g/mol. The molecule has 0 saturated carbocycles. The molecule has 0 bridgehead atoms. The second kappa shape index (κ2) is 6.44. The molecule has 2 rings (SSSR count). The molecule has 0 aromatic heterocycles. The van der Waals surface area contributed by atoms with E-state index in [9.17, 15) is 9.59 Å². The van der Waals surface area contributed by atoms with Crippen molar-refractivity contribution in [2.75, 3.05) is 14.1 Å². The van der Waals surface area contributed by atoms with E-state index in [1.165, 1.54) is 4.90 Å². The first-order valence-electron chi connectivity index (χ1n) is 7.67. The Morgan fingerprint density at radius 2 is 1.87 bits per heavy atom. The van der Waals surface area contributed by atoms with Gasteiger partial charge in [0.05, 0.1) is 6.04 Å². The molecule has 1 heterocycles. The molecular weight excluding hydrogens is 292 g/mol. The molecule has 5 heteroatoms. The maximum Gasteiger partial charge on any atom is 0.417 e. The van der Waals surface area contributed by atoms with Gasteiger partial charge in [-0.2, -0.15) is 0 Å². The van der Waals surface area contributed by atoms with E-state index >= 15 is 0 Å². The third kappa shape index (κ3) is 4.12. The van der Waals surface area contributed by atoms with Crippen LogP contribution in [0.3, 0.4) is 0 Å². The van der Waals surface area contributed by atoms with E-state index in [4.69, 9.17) is 4.74 Å². The van der Waals surface area contributed by atoms with Crippen molar-refractivity contribution in [2.45, 2.75) is 38.8 Å². The van der Waals surface area contributed by atoms with Crippen molar-refractivity contribution < 1.29 is 14.3 Å². The first-order valence-corrected chi connectivity index (χ1v) is 7.67. The molecule has 0 spiro atoms. The first kappa shape index (κ1) is 17.1. The summed E-state index contributed by atoms with van der Waals surface area (Å²) in [6.45, 7) is 5.37. The van der Waals surface area contributed by atoms with Gasteiger partial charge in [0.25, 0.3) is 5.91 Å². The zero-order valence-electron chi connectivity index (χ0n) is 14.4. The van der Waals surface area contributed by atoms with Gasteiger partial charge in [-0.3, -0.25) is 4.79 Å². The van der Waals surface area contributed by atoms with Gasteiger partial charge in [0.2, 0.25) is 0 Å². The van der Waals surface area contributed by atoms with Crippen LogP contribution in [0.5, 0.6) is 0 Å². The van der Waals surface area contributed by atoms with Crippen LogP contribution in [-0.2, 0) is 9.53 Å². The lowest BCUT2D eigenvalue weighted by Gasteiger charge is -2.27. The molecule has 1 aromatic carbocycles. The molecule has 1 aromatic rings. The number of rotatable bonds is 2. The summed E-state index contributed by atoms with van der Waals surface area (Å²) < 4.78 is 5.42. The fourth-order valence-corrected chi connectivity index (χ4v) is 2.57. The highest BCUT2D eigenvalue weighted by Gasteiger charge is 2.42. The first-order chi connectivity index (χ1) is 10.7. The molecule has 1 aliphatic rings. The number of amides is 2. The number of benzene rings is 1. The predicted octanol–water partition coefficient (Wildman–Crippen LogP) is 3.34. The lowest BCUT2D eigenvalue weighted by Crippen LogP contribution is -2.39. The lowest BCUT2D eigenvalue weighted by molar-refractivity contribution is -0.125. The molecule has 2 amide bonds. The van der Waals surface area contributed by atoms with Crippen LogP contribution >= 0.6 is 0 Å². The van der Waals surface area contributed by atoms with Crippen molar-refractivity contribution in [2.24, 2.45) is 0 Å². The van der Waals surface area contributed by atoms with Crippen LogP contribution < -0.4 is 0 Å². The molecule has 1 unspecified atom stereocenters. The largest absolute Gasteiger partial charge is 0.443 e. The maximum atomic E-state index is 12.7. The molecule has 1 fully saturated rings. The SMILES string of the molecule is CN(C)/C=C1\CC(c2ccccc2)N(C(=O)OC(C)(C)C)C1=O. The van der Waals surface area contributed by atoms with Gasteiger partial charge in [-0.1, -0.05) is 30.3 Å². The van der Waals surface area contributed by atoms with E-state index in [-0.39, 0.29) is 11.9 Å². The van der Waals surface area contributed by atoms with Crippen LogP contribution in [0.1, 0.15) is 38.8 Å². The van der Waals surface area contributed by atoms with E-state index in [1.807, 2.05) is 49.3 Å². The minimum atomic E-state index is -0.646. The summed E-state index contributed by atoms with van der Waals surface area (Å²) in [6.07, 6.45) is 1.65. The molecular formula is C18H24N2O3. The fourth-order valence-electron chi connectivity index (χ4n) is 2.57. The molecule has 0 radical (unpaired) electrons. The summed E-state index contributed by atoms with van der Waals surface area (Å²) in [5, 5.41) is 0. The van der Waals surface area contributed by atoms with Crippen molar-refractivity contribution >= 4 is 12.0 Å². The molecule has 1 aliphatic heterocycles. The summed E-state index contributed by atoms with van der Waals surface area (Å²) >= 11 is 0. The van der Waals surface area contributed by atoms with Gasteiger partial charge in [0.1, 0.15) is 5.60 Å². The Labute approximate surface area is 137 Å². The summed E-state index contributed by atoms with van der Waals surface area (Å²) in [5.74, 6) is -0.290. The third-order valence-electron chi connectivity index (χ3n) is 3.41. The summed E-state index contributed by atoms with van der Waals surface area (Å²) in [5.41, 5.74) is 0.885. The zero-order valence-corrected chi connectivity index (χ0v) is 14.4. The Morgan fingerprint density at radius 3 is 2.39 bits per heavy atom. The minimum absolute atomic E-state index is 0.290.